The van der Waals surface area contributed by atoms with Gasteiger partial charge in [0.25, 0.3) is 12.3 Å². The third-order valence-corrected chi connectivity index (χ3v) is 6.32. The monoisotopic (exact) mass is 413 g/mol. The van der Waals surface area contributed by atoms with E-state index in [1.807, 2.05) is 25.1 Å². The van der Waals surface area contributed by atoms with E-state index in [2.05, 4.69) is 21.3 Å². The summed E-state index contributed by atoms with van der Waals surface area (Å²) in [6.45, 7) is 2.05. The summed E-state index contributed by atoms with van der Waals surface area (Å²) < 4.78 is 33.6. The normalized spacial score (nSPS) is 22.1. The number of hydrogen-bond acceptors (Lipinski definition) is 5. The molecule has 2 saturated carbocycles. The Morgan fingerprint density at radius 1 is 1.30 bits per heavy atom. The van der Waals surface area contributed by atoms with Gasteiger partial charge in [0.05, 0.1) is 11.5 Å². The zero-order valence-corrected chi connectivity index (χ0v) is 16.4. The van der Waals surface area contributed by atoms with Crippen molar-refractivity contribution in [3.05, 3.63) is 53.0 Å². The lowest BCUT2D eigenvalue weighted by molar-refractivity contribution is -0.125. The fourth-order valence-corrected chi connectivity index (χ4v) is 4.35. The number of primary amides is 1. The summed E-state index contributed by atoms with van der Waals surface area (Å²) in [4.78, 5) is 15.9. The van der Waals surface area contributed by atoms with Gasteiger partial charge in [0, 0.05) is 5.92 Å². The Morgan fingerprint density at radius 3 is 2.67 bits per heavy atom. The number of amides is 1. The first-order valence-corrected chi connectivity index (χ1v) is 9.96. The van der Waals surface area contributed by atoms with Crippen LogP contribution < -0.4 is 5.73 Å². The van der Waals surface area contributed by atoms with Crippen LogP contribution in [0, 0.1) is 12.8 Å². The van der Waals surface area contributed by atoms with Crippen molar-refractivity contribution in [2.45, 2.75) is 50.5 Å². The van der Waals surface area contributed by atoms with E-state index in [4.69, 9.17) is 10.3 Å². The van der Waals surface area contributed by atoms with Crippen molar-refractivity contribution in [1.29, 1.82) is 0 Å². The van der Waals surface area contributed by atoms with Crippen LogP contribution in [0.3, 0.4) is 0 Å². The Bertz CT molecular complexity index is 1110. The average Bonchev–Trinajstić information content (AvgIpc) is 3.11. The van der Waals surface area contributed by atoms with Crippen molar-refractivity contribution in [2.24, 2.45) is 11.7 Å². The van der Waals surface area contributed by atoms with Gasteiger partial charge >= 0.3 is 0 Å². The number of benzene rings is 1. The second kappa shape index (κ2) is 6.72. The highest BCUT2D eigenvalue weighted by atomic mass is 19.3. The number of nitrogens with two attached hydrogens (primary N) is 1. The van der Waals surface area contributed by atoms with Gasteiger partial charge in [-0.05, 0) is 49.8 Å². The minimum Gasteiger partial charge on any atom is -0.369 e. The van der Waals surface area contributed by atoms with Crippen molar-refractivity contribution in [2.75, 3.05) is 0 Å². The van der Waals surface area contributed by atoms with Gasteiger partial charge in [0.1, 0.15) is 11.4 Å². The number of nitrogens with zero attached hydrogens (tertiary/aromatic N) is 4. The molecule has 2 aliphatic carbocycles. The van der Waals surface area contributed by atoms with Crippen molar-refractivity contribution in [3.8, 4) is 11.6 Å². The summed E-state index contributed by atoms with van der Waals surface area (Å²) in [7, 11) is 0. The Balaban J connectivity index is 1.50. The van der Waals surface area contributed by atoms with Crippen molar-refractivity contribution in [3.63, 3.8) is 0 Å². The van der Waals surface area contributed by atoms with Crippen molar-refractivity contribution >= 4 is 5.91 Å². The van der Waals surface area contributed by atoms with Crippen LogP contribution in [-0.4, -0.2) is 25.8 Å². The van der Waals surface area contributed by atoms with E-state index in [1.165, 1.54) is 10.7 Å². The van der Waals surface area contributed by atoms with Crippen LogP contribution in [0.1, 0.15) is 60.8 Å². The molecule has 30 heavy (non-hydrogen) atoms. The van der Waals surface area contributed by atoms with E-state index in [9.17, 15) is 13.6 Å². The van der Waals surface area contributed by atoms with Gasteiger partial charge in [-0.1, -0.05) is 29.4 Å². The van der Waals surface area contributed by atoms with Crippen LogP contribution in [-0.2, 0) is 10.2 Å². The highest BCUT2D eigenvalue weighted by molar-refractivity contribution is 5.77. The van der Waals surface area contributed by atoms with Crippen LogP contribution in [0.5, 0.6) is 0 Å². The molecule has 0 saturated heterocycles. The molecule has 2 heterocycles. The first-order chi connectivity index (χ1) is 14.4. The minimum absolute atomic E-state index is 0.159. The van der Waals surface area contributed by atoms with Gasteiger partial charge in [0.15, 0.2) is 5.82 Å². The lowest BCUT2D eigenvalue weighted by Crippen LogP contribution is -2.37. The molecule has 0 bridgehead atoms. The number of alkyl halides is 2. The zero-order valence-electron chi connectivity index (χ0n) is 16.4. The maximum absolute atomic E-state index is 13.3. The standard InChI is InChI=1S/C21H21F2N5O2/c1-11-4-2-3-5-14(11)21(6-7-21)20-25-19(30-27-20)16-10-15(17(22)23)26-28(16)13-8-12(9-13)18(24)29/h2-5,10,12-13,17H,6-9H2,1H3,(H2,24,29). The molecule has 2 fully saturated rings. The average molecular weight is 413 g/mol. The Labute approximate surface area is 171 Å². The third kappa shape index (κ3) is 2.91. The molecular weight excluding hydrogens is 392 g/mol. The second-order valence-electron chi connectivity index (χ2n) is 8.24. The SMILES string of the molecule is Cc1ccccc1C1(c2noc(-c3cc(C(F)F)nn3C3CC(C(N)=O)C3)n2)CC1. The molecule has 0 spiro atoms. The van der Waals surface area contributed by atoms with Gasteiger partial charge in [-0.2, -0.15) is 10.1 Å². The van der Waals surface area contributed by atoms with E-state index < -0.39 is 6.43 Å². The van der Waals surface area contributed by atoms with E-state index >= 15 is 0 Å². The molecule has 0 unspecified atom stereocenters. The molecule has 2 aliphatic rings. The summed E-state index contributed by atoms with van der Waals surface area (Å²) in [6, 6.07) is 9.17. The Kier molecular flexibility index (Phi) is 4.23. The van der Waals surface area contributed by atoms with Crippen LogP contribution >= 0.6 is 0 Å². The van der Waals surface area contributed by atoms with E-state index in [0.29, 0.717) is 24.4 Å². The quantitative estimate of drug-likeness (QED) is 0.664. The predicted octanol–water partition coefficient (Wildman–Crippen LogP) is 3.70. The van der Waals surface area contributed by atoms with Crippen molar-refractivity contribution in [1.82, 2.24) is 19.9 Å². The van der Waals surface area contributed by atoms with Gasteiger partial charge in [0.2, 0.25) is 5.91 Å². The molecular formula is C21H21F2N5O2. The highest BCUT2D eigenvalue weighted by Crippen LogP contribution is 2.53. The zero-order chi connectivity index (χ0) is 21.0. The van der Waals surface area contributed by atoms with Crippen LogP contribution in [0.25, 0.3) is 11.6 Å². The molecule has 156 valence electrons. The van der Waals surface area contributed by atoms with E-state index in [-0.39, 0.29) is 34.9 Å². The van der Waals surface area contributed by atoms with Crippen LogP contribution in [0.15, 0.2) is 34.9 Å². The summed E-state index contributed by atoms with van der Waals surface area (Å²) in [5, 5.41) is 8.24. The number of aromatic nitrogens is 4. The molecule has 3 aromatic rings. The summed E-state index contributed by atoms with van der Waals surface area (Å²) in [5.41, 5.74) is 7.34. The smallest absolute Gasteiger partial charge is 0.282 e. The first-order valence-electron chi connectivity index (χ1n) is 9.96. The van der Waals surface area contributed by atoms with E-state index in [0.717, 1.165) is 24.0 Å². The van der Waals surface area contributed by atoms with Gasteiger partial charge < -0.3 is 10.3 Å². The Hall–Kier alpha value is -3.10. The molecule has 2 N–H and O–H groups in total. The maximum atomic E-state index is 13.3. The minimum atomic E-state index is -2.72. The fourth-order valence-electron chi connectivity index (χ4n) is 4.35. The summed E-state index contributed by atoms with van der Waals surface area (Å²) in [5.74, 6) is 0.0626. The topological polar surface area (TPSA) is 99.8 Å². The Morgan fingerprint density at radius 2 is 2.03 bits per heavy atom. The molecule has 2 aromatic heterocycles. The molecule has 1 aromatic carbocycles. The van der Waals surface area contributed by atoms with Gasteiger partial charge in [-0.3, -0.25) is 9.48 Å². The number of halogens is 2. The number of carbonyl (C=O) groups excluding carboxylic acids is 1. The van der Waals surface area contributed by atoms with Gasteiger partial charge in [-0.15, -0.1) is 0 Å². The van der Waals surface area contributed by atoms with E-state index in [1.54, 1.807) is 0 Å². The largest absolute Gasteiger partial charge is 0.369 e. The molecule has 1 amide bonds. The van der Waals surface area contributed by atoms with Crippen molar-refractivity contribution < 1.29 is 18.1 Å². The fraction of sp³-hybridized carbons (Fsp3) is 0.429. The highest BCUT2D eigenvalue weighted by Gasteiger charge is 2.51. The molecule has 0 atom stereocenters. The molecule has 5 rings (SSSR count). The first kappa shape index (κ1) is 18.9. The maximum Gasteiger partial charge on any atom is 0.282 e. The van der Waals surface area contributed by atoms with Crippen LogP contribution in [0.2, 0.25) is 0 Å². The molecule has 0 radical (unpaired) electrons. The second-order valence-corrected chi connectivity index (χ2v) is 8.24. The molecule has 9 heteroatoms. The molecule has 7 nitrogen and oxygen atoms in total. The summed E-state index contributed by atoms with van der Waals surface area (Å²) >= 11 is 0. The van der Waals surface area contributed by atoms with Gasteiger partial charge in [-0.25, -0.2) is 8.78 Å². The third-order valence-electron chi connectivity index (χ3n) is 6.32. The predicted molar refractivity (Wildman–Crippen MR) is 103 cm³/mol. The van der Waals surface area contributed by atoms with Crippen LogP contribution in [0.4, 0.5) is 8.78 Å². The molecule has 0 aliphatic heterocycles. The lowest BCUT2D eigenvalue weighted by Gasteiger charge is -2.33. The number of hydrogen-bond donors (Lipinski definition) is 1. The summed E-state index contributed by atoms with van der Waals surface area (Å²) in [6.07, 6.45) is 0.00527. The number of carbonyl (C=O) groups is 1. The number of aryl methyl sites for hydroxylation is 1. The number of rotatable bonds is 6. The lowest BCUT2D eigenvalue weighted by atomic mass is 9.80.